The Morgan fingerprint density at radius 3 is 2.33 bits per heavy atom. The van der Waals surface area contributed by atoms with Gasteiger partial charge in [0.1, 0.15) is 0 Å². The zero-order valence-corrected chi connectivity index (χ0v) is 22.8. The molecule has 36 heavy (non-hydrogen) atoms. The number of benzene rings is 2. The molecule has 0 unspecified atom stereocenters. The standard InChI is InChI=1S/C26H30ClN3O4S.ClH/c1-19-17-24(29(2)25(19)26(31)21-5-7-22(27)8-6-21)18-20-3-9-23(10-4-20)28-35(32,33)16-13-30-11-14-34-15-12-30;/h3-10,17,28H,11-16,18H2,1-2H3;1H. The summed E-state index contributed by atoms with van der Waals surface area (Å²) in [6, 6.07) is 16.3. The van der Waals surface area contributed by atoms with Crippen molar-refractivity contribution in [2.75, 3.05) is 43.3 Å². The number of carbonyl (C=O) groups is 1. The fourth-order valence-corrected chi connectivity index (χ4v) is 5.49. The van der Waals surface area contributed by atoms with E-state index < -0.39 is 10.0 Å². The van der Waals surface area contributed by atoms with Crippen LogP contribution in [0, 0.1) is 6.92 Å². The SMILES string of the molecule is Cc1cc(Cc2ccc(NS(=O)(=O)CCN3CCOCC3)cc2)n(C)c1C(=O)c1ccc(Cl)cc1.Cl. The number of rotatable bonds is 9. The molecule has 0 radical (unpaired) electrons. The smallest absolute Gasteiger partial charge is 0.233 e. The highest BCUT2D eigenvalue weighted by molar-refractivity contribution is 7.92. The Morgan fingerprint density at radius 2 is 1.69 bits per heavy atom. The van der Waals surface area contributed by atoms with Crippen molar-refractivity contribution in [3.8, 4) is 0 Å². The first-order valence-electron chi connectivity index (χ1n) is 11.6. The number of ketones is 1. The topological polar surface area (TPSA) is 80.6 Å². The first-order chi connectivity index (χ1) is 16.7. The number of hydrogen-bond donors (Lipinski definition) is 1. The molecule has 194 valence electrons. The maximum atomic E-state index is 13.1. The molecule has 1 fully saturated rings. The van der Waals surface area contributed by atoms with Gasteiger partial charge in [-0.3, -0.25) is 14.4 Å². The minimum atomic E-state index is -3.44. The second-order valence-corrected chi connectivity index (χ2v) is 11.1. The van der Waals surface area contributed by atoms with E-state index in [4.69, 9.17) is 16.3 Å². The summed E-state index contributed by atoms with van der Waals surface area (Å²) >= 11 is 5.95. The Balaban J connectivity index is 0.00000361. The van der Waals surface area contributed by atoms with Crippen molar-refractivity contribution in [3.63, 3.8) is 0 Å². The first kappa shape index (κ1) is 28.2. The van der Waals surface area contributed by atoms with Gasteiger partial charge < -0.3 is 9.30 Å². The molecule has 0 aliphatic carbocycles. The lowest BCUT2D eigenvalue weighted by molar-refractivity contribution is 0.0408. The largest absolute Gasteiger partial charge is 0.379 e. The van der Waals surface area contributed by atoms with Crippen molar-refractivity contribution in [2.24, 2.45) is 7.05 Å². The van der Waals surface area contributed by atoms with Crippen molar-refractivity contribution in [1.82, 2.24) is 9.47 Å². The lowest BCUT2D eigenvalue weighted by Crippen LogP contribution is -2.39. The number of carbonyl (C=O) groups excluding carboxylic acids is 1. The van der Waals surface area contributed by atoms with Crippen molar-refractivity contribution in [1.29, 1.82) is 0 Å². The highest BCUT2D eigenvalue weighted by Gasteiger charge is 2.19. The van der Waals surface area contributed by atoms with E-state index in [0.717, 1.165) is 29.9 Å². The van der Waals surface area contributed by atoms with Crippen LogP contribution in [0.2, 0.25) is 5.02 Å². The van der Waals surface area contributed by atoms with E-state index in [1.165, 1.54) is 0 Å². The highest BCUT2D eigenvalue weighted by Crippen LogP contribution is 2.22. The summed E-state index contributed by atoms with van der Waals surface area (Å²) in [5, 5.41) is 0.591. The number of morpholine rings is 1. The van der Waals surface area contributed by atoms with Gasteiger partial charge in [0.05, 0.1) is 24.7 Å². The van der Waals surface area contributed by atoms with Gasteiger partial charge in [-0.25, -0.2) is 8.42 Å². The maximum Gasteiger partial charge on any atom is 0.233 e. The zero-order chi connectivity index (χ0) is 25.0. The molecule has 1 saturated heterocycles. The van der Waals surface area contributed by atoms with E-state index in [2.05, 4.69) is 9.62 Å². The van der Waals surface area contributed by atoms with Gasteiger partial charge in [0, 0.05) is 55.1 Å². The van der Waals surface area contributed by atoms with E-state index in [1.807, 2.05) is 36.7 Å². The zero-order valence-electron chi connectivity index (χ0n) is 20.4. The van der Waals surface area contributed by atoms with Gasteiger partial charge in [0.2, 0.25) is 15.8 Å². The number of halogens is 2. The van der Waals surface area contributed by atoms with Crippen LogP contribution in [0.1, 0.15) is 32.9 Å². The van der Waals surface area contributed by atoms with Crippen LogP contribution in [0.5, 0.6) is 0 Å². The van der Waals surface area contributed by atoms with Crippen molar-refractivity contribution < 1.29 is 17.9 Å². The number of hydrogen-bond acceptors (Lipinski definition) is 5. The van der Waals surface area contributed by atoms with Gasteiger partial charge in [-0.15, -0.1) is 12.4 Å². The predicted molar refractivity (Wildman–Crippen MR) is 146 cm³/mol. The third-order valence-corrected chi connectivity index (χ3v) is 7.76. The Morgan fingerprint density at radius 1 is 1.06 bits per heavy atom. The van der Waals surface area contributed by atoms with Gasteiger partial charge in [-0.1, -0.05) is 23.7 Å². The Labute approximate surface area is 223 Å². The summed E-state index contributed by atoms with van der Waals surface area (Å²) in [6.07, 6.45) is 0.620. The summed E-state index contributed by atoms with van der Waals surface area (Å²) < 4.78 is 34.9. The number of aromatic nitrogens is 1. The molecule has 10 heteroatoms. The molecule has 0 amide bonds. The van der Waals surface area contributed by atoms with Crippen LogP contribution in [0.4, 0.5) is 5.69 Å². The lowest BCUT2D eigenvalue weighted by atomic mass is 10.1. The van der Waals surface area contributed by atoms with Gasteiger partial charge >= 0.3 is 0 Å². The van der Waals surface area contributed by atoms with Gasteiger partial charge in [-0.05, 0) is 60.5 Å². The summed E-state index contributed by atoms with van der Waals surface area (Å²) in [6.45, 7) is 5.23. The third-order valence-electron chi connectivity index (χ3n) is 6.24. The fraction of sp³-hybridized carbons (Fsp3) is 0.346. The number of anilines is 1. The number of aryl methyl sites for hydroxylation is 1. The van der Waals surface area contributed by atoms with E-state index >= 15 is 0 Å². The summed E-state index contributed by atoms with van der Waals surface area (Å²) in [7, 11) is -1.54. The molecule has 7 nitrogen and oxygen atoms in total. The third kappa shape index (κ3) is 7.11. The molecule has 1 aliphatic rings. The molecule has 2 aromatic carbocycles. The van der Waals surface area contributed by atoms with Crippen LogP contribution in [-0.2, 0) is 28.2 Å². The number of nitrogens with one attached hydrogen (secondary N) is 1. The maximum absolute atomic E-state index is 13.1. The summed E-state index contributed by atoms with van der Waals surface area (Å²) in [5.74, 6) is -0.00307. The molecule has 0 saturated carbocycles. The van der Waals surface area contributed by atoms with Crippen LogP contribution in [0.25, 0.3) is 0 Å². The second kappa shape index (κ2) is 12.3. The molecule has 0 atom stereocenters. The van der Waals surface area contributed by atoms with Crippen molar-refractivity contribution in [3.05, 3.63) is 87.7 Å². The normalized spacial score (nSPS) is 14.3. The average Bonchev–Trinajstić information content (AvgIpc) is 3.12. The monoisotopic (exact) mass is 551 g/mol. The molecule has 0 bridgehead atoms. The molecule has 1 aliphatic heterocycles. The van der Waals surface area contributed by atoms with E-state index in [0.29, 0.717) is 48.1 Å². The Kier molecular flexibility index (Phi) is 9.60. The quantitative estimate of drug-likeness (QED) is 0.401. The lowest BCUT2D eigenvalue weighted by Gasteiger charge is -2.26. The van der Waals surface area contributed by atoms with Gasteiger partial charge in [-0.2, -0.15) is 0 Å². The number of nitrogens with zero attached hydrogens (tertiary/aromatic N) is 2. The molecular weight excluding hydrogens is 521 g/mol. The van der Waals surface area contributed by atoms with Crippen molar-refractivity contribution >= 4 is 45.5 Å². The summed E-state index contributed by atoms with van der Waals surface area (Å²) in [4.78, 5) is 15.2. The van der Waals surface area contributed by atoms with Crippen LogP contribution in [-0.4, -0.2) is 62.3 Å². The van der Waals surface area contributed by atoms with Crippen LogP contribution in [0.15, 0.2) is 54.6 Å². The fourth-order valence-electron chi connectivity index (χ4n) is 4.27. The van der Waals surface area contributed by atoms with Gasteiger partial charge in [0.15, 0.2) is 0 Å². The second-order valence-electron chi connectivity index (χ2n) is 8.81. The minimum Gasteiger partial charge on any atom is -0.379 e. The molecule has 2 heterocycles. The molecule has 4 rings (SSSR count). The van der Waals surface area contributed by atoms with Crippen LogP contribution >= 0.6 is 24.0 Å². The molecule has 1 aromatic heterocycles. The molecule has 3 aromatic rings. The highest BCUT2D eigenvalue weighted by atomic mass is 35.5. The molecule has 1 N–H and O–H groups in total. The average molecular weight is 553 g/mol. The minimum absolute atomic E-state index is 0. The van der Waals surface area contributed by atoms with Crippen molar-refractivity contribution in [2.45, 2.75) is 13.3 Å². The van der Waals surface area contributed by atoms with Gasteiger partial charge in [0.25, 0.3) is 0 Å². The van der Waals surface area contributed by atoms with Crippen LogP contribution in [0.3, 0.4) is 0 Å². The van der Waals surface area contributed by atoms with E-state index in [1.54, 1.807) is 36.4 Å². The number of ether oxygens (including phenoxy) is 1. The Bertz CT molecular complexity index is 1280. The number of sulfonamides is 1. The predicted octanol–water partition coefficient (Wildman–Crippen LogP) is 4.30. The van der Waals surface area contributed by atoms with E-state index in [9.17, 15) is 13.2 Å². The summed E-state index contributed by atoms with van der Waals surface area (Å²) in [5.41, 5.74) is 4.71. The molecule has 0 spiro atoms. The first-order valence-corrected chi connectivity index (χ1v) is 13.6. The van der Waals surface area contributed by atoms with Crippen LogP contribution < -0.4 is 4.72 Å². The molecular formula is C26H31Cl2N3O4S. The Hall–Kier alpha value is -2.36. The van der Waals surface area contributed by atoms with E-state index in [-0.39, 0.29) is 23.9 Å².